The maximum atomic E-state index is 14.1. The molecular weight excluding hydrogens is 303 g/mol. The summed E-state index contributed by atoms with van der Waals surface area (Å²) in [6.07, 6.45) is 0.929. The second-order valence-corrected chi connectivity index (χ2v) is 5.79. The van der Waals surface area contributed by atoms with Gasteiger partial charge in [0.2, 0.25) is 12.2 Å². The molecule has 1 aromatic carbocycles. The molecule has 3 rings (SSSR count). The SMILES string of the molecule is CC(C)CCOc1cc2c(cc1F)C=C1C(=O)NC(O)N=C1O2. The van der Waals surface area contributed by atoms with Crippen LogP contribution < -0.4 is 14.8 Å². The fraction of sp³-hybridized carbons (Fsp3) is 0.375. The monoisotopic (exact) mass is 320 g/mol. The van der Waals surface area contributed by atoms with Gasteiger partial charge in [-0.2, -0.15) is 4.99 Å². The second-order valence-electron chi connectivity index (χ2n) is 5.79. The third-order valence-electron chi connectivity index (χ3n) is 3.50. The number of amides is 1. The lowest BCUT2D eigenvalue weighted by molar-refractivity contribution is -0.120. The van der Waals surface area contributed by atoms with Gasteiger partial charge in [-0.1, -0.05) is 13.8 Å². The summed E-state index contributed by atoms with van der Waals surface area (Å²) in [5, 5.41) is 11.7. The van der Waals surface area contributed by atoms with E-state index < -0.39 is 18.1 Å². The molecule has 1 unspecified atom stereocenters. The molecule has 122 valence electrons. The van der Waals surface area contributed by atoms with E-state index in [0.717, 1.165) is 6.42 Å². The average Bonchev–Trinajstić information content (AvgIpc) is 2.46. The number of halogens is 1. The van der Waals surface area contributed by atoms with Gasteiger partial charge in [-0.3, -0.25) is 4.79 Å². The number of ether oxygens (including phenoxy) is 2. The molecule has 0 aromatic heterocycles. The van der Waals surface area contributed by atoms with Gasteiger partial charge in [-0.25, -0.2) is 4.39 Å². The van der Waals surface area contributed by atoms with Crippen molar-refractivity contribution in [3.05, 3.63) is 29.1 Å². The van der Waals surface area contributed by atoms with Gasteiger partial charge in [0.05, 0.1) is 6.61 Å². The van der Waals surface area contributed by atoms with Crippen LogP contribution in [0, 0.1) is 11.7 Å². The van der Waals surface area contributed by atoms with Crippen molar-refractivity contribution in [3.63, 3.8) is 0 Å². The molecule has 1 atom stereocenters. The van der Waals surface area contributed by atoms with Crippen molar-refractivity contribution in [2.24, 2.45) is 10.9 Å². The molecule has 7 heteroatoms. The maximum Gasteiger partial charge on any atom is 0.260 e. The Hall–Kier alpha value is -2.41. The molecule has 6 nitrogen and oxygen atoms in total. The van der Waals surface area contributed by atoms with Crippen molar-refractivity contribution in [2.45, 2.75) is 26.6 Å². The number of carbonyl (C=O) groups excluding carboxylic acids is 1. The normalized spacial score (nSPS) is 19.2. The van der Waals surface area contributed by atoms with Crippen LogP contribution in [0.25, 0.3) is 6.08 Å². The minimum Gasteiger partial charge on any atom is -0.490 e. The number of aliphatic imine (C=N–C) groups is 1. The van der Waals surface area contributed by atoms with Crippen molar-refractivity contribution in [1.29, 1.82) is 0 Å². The quantitative estimate of drug-likeness (QED) is 0.887. The summed E-state index contributed by atoms with van der Waals surface area (Å²) in [6.45, 7) is 4.51. The number of hydrogen-bond donors (Lipinski definition) is 2. The van der Waals surface area contributed by atoms with Crippen LogP contribution in [0.2, 0.25) is 0 Å². The third kappa shape index (κ3) is 3.19. The average molecular weight is 320 g/mol. The molecule has 2 heterocycles. The van der Waals surface area contributed by atoms with Crippen molar-refractivity contribution in [3.8, 4) is 11.5 Å². The minimum atomic E-state index is -1.35. The maximum absolute atomic E-state index is 14.1. The zero-order valence-electron chi connectivity index (χ0n) is 12.8. The Balaban J connectivity index is 1.89. The first-order chi connectivity index (χ1) is 10.9. The molecule has 0 spiro atoms. The highest BCUT2D eigenvalue weighted by molar-refractivity contribution is 6.24. The molecule has 0 saturated heterocycles. The Morgan fingerprint density at radius 3 is 3.00 bits per heavy atom. The van der Waals surface area contributed by atoms with Crippen LogP contribution in [0.4, 0.5) is 4.39 Å². The Morgan fingerprint density at radius 2 is 2.26 bits per heavy atom. The number of carbonyl (C=O) groups is 1. The third-order valence-corrected chi connectivity index (χ3v) is 3.50. The first kappa shape index (κ1) is 15.5. The molecule has 0 aliphatic carbocycles. The van der Waals surface area contributed by atoms with E-state index >= 15 is 0 Å². The molecule has 1 aromatic rings. The number of hydrogen-bond acceptors (Lipinski definition) is 5. The fourth-order valence-electron chi connectivity index (χ4n) is 2.24. The van der Waals surface area contributed by atoms with Gasteiger partial charge in [-0.15, -0.1) is 0 Å². The summed E-state index contributed by atoms with van der Waals surface area (Å²) in [6, 6.07) is 2.68. The highest BCUT2D eigenvalue weighted by atomic mass is 19.1. The largest absolute Gasteiger partial charge is 0.490 e. The van der Waals surface area contributed by atoms with Crippen LogP contribution in [-0.4, -0.2) is 29.9 Å². The van der Waals surface area contributed by atoms with Gasteiger partial charge < -0.3 is 19.9 Å². The van der Waals surface area contributed by atoms with Crippen LogP contribution >= 0.6 is 0 Å². The van der Waals surface area contributed by atoms with E-state index in [4.69, 9.17) is 9.47 Å². The number of aliphatic hydroxyl groups is 1. The zero-order chi connectivity index (χ0) is 16.6. The van der Waals surface area contributed by atoms with Crippen LogP contribution in [0.1, 0.15) is 25.8 Å². The molecular formula is C16H17FN2O4. The van der Waals surface area contributed by atoms with Gasteiger partial charge >= 0.3 is 0 Å². The van der Waals surface area contributed by atoms with Gasteiger partial charge in [0.25, 0.3) is 5.91 Å². The summed E-state index contributed by atoms with van der Waals surface area (Å²) in [7, 11) is 0. The fourth-order valence-corrected chi connectivity index (χ4v) is 2.24. The lowest BCUT2D eigenvalue weighted by Gasteiger charge is -2.24. The predicted molar refractivity (Wildman–Crippen MR) is 81.5 cm³/mol. The Morgan fingerprint density at radius 1 is 1.48 bits per heavy atom. The lowest BCUT2D eigenvalue weighted by Crippen LogP contribution is -2.43. The van der Waals surface area contributed by atoms with Crippen LogP contribution in [0.5, 0.6) is 11.5 Å². The number of rotatable bonds is 4. The first-order valence-corrected chi connectivity index (χ1v) is 7.37. The van der Waals surface area contributed by atoms with Crippen LogP contribution in [0.15, 0.2) is 22.7 Å². The molecule has 0 fully saturated rings. The molecule has 23 heavy (non-hydrogen) atoms. The van der Waals surface area contributed by atoms with Crippen molar-refractivity contribution < 1.29 is 23.8 Å². The lowest BCUT2D eigenvalue weighted by atomic mass is 10.0. The minimum absolute atomic E-state index is 0.00786. The van der Waals surface area contributed by atoms with E-state index in [1.807, 2.05) is 0 Å². The summed E-state index contributed by atoms with van der Waals surface area (Å²) in [5.74, 6) is -0.170. The second kappa shape index (κ2) is 6.00. The molecule has 0 bridgehead atoms. The number of benzene rings is 1. The first-order valence-electron chi connectivity index (χ1n) is 7.37. The molecule has 0 saturated carbocycles. The zero-order valence-corrected chi connectivity index (χ0v) is 12.8. The van der Waals surface area contributed by atoms with E-state index in [1.54, 1.807) is 0 Å². The van der Waals surface area contributed by atoms with E-state index in [-0.39, 0.29) is 17.2 Å². The molecule has 2 N–H and O–H groups in total. The van der Waals surface area contributed by atoms with Gasteiger partial charge in [0.1, 0.15) is 11.3 Å². The molecule has 1 amide bonds. The topological polar surface area (TPSA) is 80.2 Å². The van der Waals surface area contributed by atoms with Gasteiger partial charge in [0.15, 0.2) is 11.6 Å². The molecule has 2 aliphatic heterocycles. The van der Waals surface area contributed by atoms with Crippen molar-refractivity contribution in [1.82, 2.24) is 5.32 Å². The van der Waals surface area contributed by atoms with Gasteiger partial charge in [-0.05, 0) is 24.5 Å². The number of nitrogens with one attached hydrogen (secondary N) is 1. The Labute approximate surface area is 132 Å². The van der Waals surface area contributed by atoms with E-state index in [1.165, 1.54) is 18.2 Å². The van der Waals surface area contributed by atoms with Crippen LogP contribution in [0.3, 0.4) is 0 Å². The number of fused-ring (bicyclic) bond motifs is 2. The summed E-state index contributed by atoms with van der Waals surface area (Å²) in [5.41, 5.74) is 0.565. The smallest absolute Gasteiger partial charge is 0.260 e. The molecule has 0 radical (unpaired) electrons. The highest BCUT2D eigenvalue weighted by Gasteiger charge is 2.30. The van der Waals surface area contributed by atoms with Gasteiger partial charge in [0, 0.05) is 11.6 Å². The highest BCUT2D eigenvalue weighted by Crippen LogP contribution is 2.34. The number of nitrogens with zero attached hydrogens (tertiary/aromatic N) is 1. The predicted octanol–water partition coefficient (Wildman–Crippen LogP) is 1.83. The Kier molecular flexibility index (Phi) is 4.04. The summed E-state index contributed by atoms with van der Waals surface area (Å²) >= 11 is 0. The summed E-state index contributed by atoms with van der Waals surface area (Å²) in [4.78, 5) is 15.6. The van der Waals surface area contributed by atoms with E-state index in [0.29, 0.717) is 23.8 Å². The Bertz CT molecular complexity index is 712. The summed E-state index contributed by atoms with van der Waals surface area (Å²) < 4.78 is 25.1. The standard InChI is InChI=1S/C16H17FN2O4/c1-8(2)3-4-22-13-7-12-9(6-11(13)17)5-10-14(20)18-16(21)19-15(10)23-12/h5-8,16,21H,3-4H2,1-2H3,(H,18,20). The van der Waals surface area contributed by atoms with E-state index in [9.17, 15) is 14.3 Å². The molecule has 2 aliphatic rings. The number of aliphatic hydroxyl groups excluding tert-OH is 1. The van der Waals surface area contributed by atoms with E-state index in [2.05, 4.69) is 24.2 Å². The van der Waals surface area contributed by atoms with Crippen molar-refractivity contribution in [2.75, 3.05) is 6.61 Å². The van der Waals surface area contributed by atoms with Crippen LogP contribution in [-0.2, 0) is 4.79 Å². The van der Waals surface area contributed by atoms with Crippen molar-refractivity contribution >= 4 is 17.9 Å².